The number of β-amino-alcohol motifs (C(OH)–C–C–N with tert-alkyl or cyclic N) is 2. The number of benzene rings is 4. The lowest BCUT2D eigenvalue weighted by Gasteiger charge is -2.36. The first-order valence-corrected chi connectivity index (χ1v) is 48.2. The van der Waals surface area contributed by atoms with Crippen LogP contribution in [-0.2, 0) is 22.7 Å². The van der Waals surface area contributed by atoms with Crippen LogP contribution in [0.2, 0.25) is 0 Å². The van der Waals surface area contributed by atoms with Gasteiger partial charge in [-0.1, -0.05) is 97.1 Å². The zero-order chi connectivity index (χ0) is 91.2. The number of pyridine rings is 4. The van der Waals surface area contributed by atoms with E-state index < -0.39 is 22.7 Å². The molecule has 4 N–H and O–H groups in total. The first kappa shape index (κ1) is 90.0. The molecule has 10 fully saturated rings. The summed E-state index contributed by atoms with van der Waals surface area (Å²) in [6, 6.07) is 42.6. The molecule has 0 unspecified atom stereocenters. The van der Waals surface area contributed by atoms with Crippen molar-refractivity contribution in [2.75, 3.05) is 158 Å². The number of aliphatic hydroxyl groups is 4. The van der Waals surface area contributed by atoms with Crippen LogP contribution in [-0.4, -0.2) is 211 Å². The van der Waals surface area contributed by atoms with E-state index in [9.17, 15) is 24.8 Å². The number of rotatable bonds is 20. The molecule has 0 spiro atoms. The van der Waals surface area contributed by atoms with Crippen LogP contribution in [0.4, 0.5) is 64.1 Å². The molecular formula is C104H124F4N20O4. The number of aliphatic hydroxyl groups excluding tert-OH is 4. The Morgan fingerprint density at radius 3 is 0.811 bits per heavy atom. The number of aromatic nitrogens is 12. The van der Waals surface area contributed by atoms with E-state index in [1.165, 1.54) is 44.5 Å². The molecule has 14 heterocycles. The van der Waals surface area contributed by atoms with Crippen LogP contribution in [0.1, 0.15) is 220 Å². The van der Waals surface area contributed by atoms with Crippen LogP contribution in [0.5, 0.6) is 0 Å². The molecular weight excluding hydrogens is 1670 g/mol. The number of piperidine rings is 4. The lowest BCUT2D eigenvalue weighted by molar-refractivity contribution is 0.0510. The van der Waals surface area contributed by atoms with Crippen molar-refractivity contribution in [1.29, 1.82) is 0 Å². The Balaban J connectivity index is 0.000000114. The topological polar surface area (TPSA) is 262 Å². The van der Waals surface area contributed by atoms with Crippen LogP contribution in [0.3, 0.4) is 0 Å². The second-order valence-corrected chi connectivity index (χ2v) is 38.8. The number of anilines is 8. The molecule has 28 heteroatoms. The van der Waals surface area contributed by atoms with E-state index in [2.05, 4.69) is 194 Å². The smallest absolute Gasteiger partial charge is 0.170 e. The molecule has 0 radical (unpaired) electrons. The Bertz CT molecular complexity index is 6130. The molecule has 132 heavy (non-hydrogen) atoms. The van der Waals surface area contributed by atoms with Crippen molar-refractivity contribution in [3.05, 3.63) is 214 Å². The monoisotopic (exact) mass is 1790 g/mol. The number of halogens is 4. The third kappa shape index (κ3) is 19.0. The summed E-state index contributed by atoms with van der Waals surface area (Å²) >= 11 is 0. The fourth-order valence-corrected chi connectivity index (χ4v) is 20.9. The van der Waals surface area contributed by atoms with Crippen LogP contribution in [0, 0.1) is 27.7 Å². The van der Waals surface area contributed by atoms with E-state index in [4.69, 9.17) is 19.9 Å². The Morgan fingerprint density at radius 1 is 0.326 bits per heavy atom. The van der Waals surface area contributed by atoms with Crippen molar-refractivity contribution < 1.29 is 38.0 Å². The largest absolute Gasteiger partial charge is 0.395 e. The number of alkyl halides is 4. The maximum atomic E-state index is 15.4. The van der Waals surface area contributed by atoms with Gasteiger partial charge in [-0.3, -0.25) is 0 Å². The second kappa shape index (κ2) is 38.0. The van der Waals surface area contributed by atoms with Crippen LogP contribution in [0.15, 0.2) is 146 Å². The van der Waals surface area contributed by atoms with Crippen molar-refractivity contribution in [3.63, 3.8) is 0 Å². The average Bonchev–Trinajstić information content (AvgIpc) is 1.26. The number of likely N-dealkylation sites (N-methyl/N-ethyl adjacent to an activating group) is 2. The Kier molecular flexibility index (Phi) is 25.9. The number of hydrogen-bond acceptors (Lipinski definition) is 24. The highest BCUT2D eigenvalue weighted by atomic mass is 19.2. The standard InChI is InChI=1S/C27H32FN5O.C26H30FN5O.C26H32FN5O.C25H30FN5O/c1-18-5-2-3-6-21(18)19-7-12-32(13-8-19)25-22-15-24(33-14-9-20(34)17-33)29-16-23(22)30-26(31-25)27(28)10-4-11-27;1-17-4-2-3-5-20(17)18-6-11-31(12-7-18)24-21-14-23(32-13-8-19(33)16-32)28-15-22(21)29-25(30-24)26(27)9-10-26;1-18-6-3-4-7-20(18)19-8-12-32(13-9-19)24-21-16-23(31(2)14-15-33)28-17-22(21)29-25(30-24)26(27)10-5-11-26;1-17-5-3-4-6-19(17)18-7-11-31(12-8-18)23-20-15-22(30(2)13-14-32)27-16-21(20)28-24(29-23)25(26)9-10-25/h2-3,5-6,15-16,19-20,34H,4,7-14,17H2,1H3;2-5,14-15,18-19,33H,6-13,16H2,1H3;3-4,6-7,16-17,19,33H,5,8-15H2,1-2H3;3-6,15-16,18,32H,7-14H2,1-2H3/t20-;19-;;/m00../s1. The predicted octanol–water partition coefficient (Wildman–Crippen LogP) is 17.5. The van der Waals surface area contributed by atoms with E-state index in [1.807, 2.05) is 48.2 Å². The average molecular weight is 1790 g/mol. The number of aryl methyl sites for hydroxylation is 4. The predicted molar refractivity (Wildman–Crippen MR) is 514 cm³/mol. The molecule has 0 amide bonds. The molecule has 4 aliphatic carbocycles. The van der Waals surface area contributed by atoms with Crippen LogP contribution >= 0.6 is 0 Å². The maximum absolute atomic E-state index is 15.4. The van der Waals surface area contributed by atoms with Gasteiger partial charge in [-0.15, -0.1) is 0 Å². The summed E-state index contributed by atoms with van der Waals surface area (Å²) in [6.45, 7) is 19.5. The number of fused-ring (bicyclic) bond motifs is 4. The van der Waals surface area contributed by atoms with Gasteiger partial charge in [-0.2, -0.15) is 0 Å². The molecule has 2 atom stereocenters. The first-order chi connectivity index (χ1) is 64.0. The molecule has 22 rings (SSSR count). The maximum Gasteiger partial charge on any atom is 0.170 e. The fraction of sp³-hybridized carbons (Fsp3) is 0.500. The number of hydrogen-bond donors (Lipinski definition) is 4. The third-order valence-electron chi connectivity index (χ3n) is 29.8. The van der Waals surface area contributed by atoms with E-state index >= 15 is 13.2 Å². The van der Waals surface area contributed by atoms with Gasteiger partial charge in [-0.25, -0.2) is 77.4 Å². The van der Waals surface area contributed by atoms with Gasteiger partial charge in [0.05, 0.1) is 72.3 Å². The Morgan fingerprint density at radius 2 is 0.576 bits per heavy atom. The van der Waals surface area contributed by atoms with Crippen molar-refractivity contribution in [3.8, 4) is 0 Å². The molecule has 12 aromatic rings. The lowest BCUT2D eigenvalue weighted by Crippen LogP contribution is -2.36. The minimum atomic E-state index is -1.42. The highest BCUT2D eigenvalue weighted by Crippen LogP contribution is 2.53. The molecule has 692 valence electrons. The number of nitrogens with zero attached hydrogens (tertiary/aromatic N) is 20. The second-order valence-electron chi connectivity index (χ2n) is 38.8. The summed E-state index contributed by atoms with van der Waals surface area (Å²) in [5.74, 6) is 9.77. The molecule has 4 saturated carbocycles. The molecule has 24 nitrogen and oxygen atoms in total. The van der Waals surface area contributed by atoms with Gasteiger partial charge < -0.3 is 59.6 Å². The molecule has 8 aromatic heterocycles. The molecule has 4 aromatic carbocycles. The highest BCUT2D eigenvalue weighted by molar-refractivity contribution is 5.94. The zero-order valence-corrected chi connectivity index (χ0v) is 77.0. The normalized spacial score (nSPS) is 20.6. The summed E-state index contributed by atoms with van der Waals surface area (Å²) in [4.78, 5) is 73.1. The van der Waals surface area contributed by atoms with E-state index in [1.54, 1.807) is 24.8 Å². The van der Waals surface area contributed by atoms with Crippen molar-refractivity contribution in [1.82, 2.24) is 59.8 Å². The summed E-state index contributed by atoms with van der Waals surface area (Å²) in [5.41, 5.74) is 8.26. The minimum absolute atomic E-state index is 0.0509. The van der Waals surface area contributed by atoms with E-state index in [0.29, 0.717) is 147 Å². The highest BCUT2D eigenvalue weighted by Gasteiger charge is 2.51. The Labute approximate surface area is 770 Å². The zero-order valence-electron chi connectivity index (χ0n) is 77.0. The van der Waals surface area contributed by atoms with Gasteiger partial charge in [0.2, 0.25) is 0 Å². The quantitative estimate of drug-likeness (QED) is 0.0517. The van der Waals surface area contributed by atoms with Gasteiger partial charge in [0.25, 0.3) is 0 Å². The van der Waals surface area contributed by atoms with Crippen LogP contribution in [0.25, 0.3) is 43.6 Å². The third-order valence-corrected chi connectivity index (χ3v) is 29.8. The summed E-state index contributed by atoms with van der Waals surface area (Å²) < 4.78 is 60.7. The van der Waals surface area contributed by atoms with Crippen LogP contribution < -0.4 is 39.2 Å². The Hall–Kier alpha value is -11.2. The van der Waals surface area contributed by atoms with Crippen molar-refractivity contribution in [2.45, 2.75) is 215 Å². The van der Waals surface area contributed by atoms with Gasteiger partial charge in [0.1, 0.15) is 46.5 Å². The molecule has 0 bridgehead atoms. The van der Waals surface area contributed by atoms with E-state index in [0.717, 1.165) is 211 Å². The van der Waals surface area contributed by atoms with Gasteiger partial charge in [-0.05, 0) is 249 Å². The van der Waals surface area contributed by atoms with Gasteiger partial charge >= 0.3 is 0 Å². The molecule has 6 saturated heterocycles. The molecule has 6 aliphatic heterocycles. The fourth-order valence-electron chi connectivity index (χ4n) is 20.9. The summed E-state index contributed by atoms with van der Waals surface area (Å²) in [6.07, 6.45) is 21.8. The molecule has 10 aliphatic rings. The van der Waals surface area contributed by atoms with Gasteiger partial charge in [0, 0.05) is 127 Å². The lowest BCUT2D eigenvalue weighted by atomic mass is 9.81. The summed E-state index contributed by atoms with van der Waals surface area (Å²) in [7, 11) is 3.80. The van der Waals surface area contributed by atoms with Gasteiger partial charge in [0.15, 0.2) is 46.0 Å². The van der Waals surface area contributed by atoms with Crippen molar-refractivity contribution >= 4 is 90.2 Å². The van der Waals surface area contributed by atoms with Crippen molar-refractivity contribution in [2.24, 2.45) is 0 Å². The summed E-state index contributed by atoms with van der Waals surface area (Å²) in [5, 5.41) is 42.2. The first-order valence-electron chi connectivity index (χ1n) is 48.2. The minimum Gasteiger partial charge on any atom is -0.395 e. The van der Waals surface area contributed by atoms with E-state index in [-0.39, 0.29) is 25.4 Å². The SMILES string of the molecule is Cc1ccccc1C1CCN(c2nc(C3(F)CC3)nc3cnc(N(C)CCO)cc23)CC1.Cc1ccccc1C1CCN(c2nc(C3(F)CC3)nc3cnc(N4CC[C@H](O)C4)cc23)CC1.Cc1ccccc1C1CCN(c2nc(C3(F)CCC3)nc3cnc(N(C)CCO)cc23)CC1.Cc1ccccc1C1CCN(c2nc(C3(F)CCC3)nc3cnc(N4CC[C@H](O)C4)cc23)CC1.